The first kappa shape index (κ1) is 11.5. The lowest BCUT2D eigenvalue weighted by Crippen LogP contribution is -2.14. The molecule has 1 unspecified atom stereocenters. The van der Waals surface area contributed by atoms with Crippen molar-refractivity contribution in [1.82, 2.24) is 14.6 Å². The fourth-order valence-corrected chi connectivity index (χ4v) is 3.77. The monoisotopic (exact) mass is 311 g/mol. The maximum absolute atomic E-state index is 4.31. The van der Waals surface area contributed by atoms with Gasteiger partial charge in [-0.3, -0.25) is 4.40 Å². The third kappa shape index (κ3) is 2.50. The number of halogens is 1. The second-order valence-corrected chi connectivity index (χ2v) is 6.54. The lowest BCUT2D eigenvalue weighted by molar-refractivity contribution is 0.506. The van der Waals surface area contributed by atoms with Crippen LogP contribution in [-0.2, 0) is 6.42 Å². The number of hydrogen-bond donors (Lipinski definition) is 0. The summed E-state index contributed by atoms with van der Waals surface area (Å²) in [5, 5.41) is 8.52. The van der Waals surface area contributed by atoms with Crippen molar-refractivity contribution in [2.75, 3.05) is 11.5 Å². The molecule has 0 spiro atoms. The molecule has 0 aromatic carbocycles. The third-order valence-electron chi connectivity index (χ3n) is 3.16. The van der Waals surface area contributed by atoms with Crippen molar-refractivity contribution in [3.63, 3.8) is 0 Å². The highest BCUT2D eigenvalue weighted by Gasteiger charge is 2.17. The van der Waals surface area contributed by atoms with Crippen LogP contribution in [-0.4, -0.2) is 26.1 Å². The number of rotatable bonds is 2. The van der Waals surface area contributed by atoms with E-state index in [0.29, 0.717) is 0 Å². The van der Waals surface area contributed by atoms with Crippen molar-refractivity contribution in [1.29, 1.82) is 0 Å². The van der Waals surface area contributed by atoms with Crippen LogP contribution in [0.1, 0.15) is 18.7 Å². The molecule has 1 fully saturated rings. The van der Waals surface area contributed by atoms with Gasteiger partial charge in [-0.15, -0.1) is 10.2 Å². The summed E-state index contributed by atoms with van der Waals surface area (Å²) >= 11 is 5.56. The van der Waals surface area contributed by atoms with Crippen LogP contribution in [0.5, 0.6) is 0 Å². The Kier molecular flexibility index (Phi) is 3.38. The molecule has 2 aromatic rings. The summed E-state index contributed by atoms with van der Waals surface area (Å²) < 4.78 is 3.17. The minimum absolute atomic E-state index is 0.764. The second-order valence-electron chi connectivity index (χ2n) is 4.48. The second kappa shape index (κ2) is 4.98. The van der Waals surface area contributed by atoms with Crippen LogP contribution in [0.15, 0.2) is 22.8 Å². The van der Waals surface area contributed by atoms with Gasteiger partial charge in [0.05, 0.1) is 0 Å². The first-order valence-electron chi connectivity index (χ1n) is 5.90. The molecule has 3 rings (SSSR count). The van der Waals surface area contributed by atoms with Crippen LogP contribution in [0.2, 0.25) is 0 Å². The van der Waals surface area contributed by atoms with E-state index in [9.17, 15) is 0 Å². The van der Waals surface area contributed by atoms with E-state index in [1.165, 1.54) is 24.3 Å². The van der Waals surface area contributed by atoms with Gasteiger partial charge >= 0.3 is 0 Å². The molecule has 0 radical (unpaired) electrons. The Morgan fingerprint density at radius 2 is 2.35 bits per heavy atom. The van der Waals surface area contributed by atoms with Crippen LogP contribution < -0.4 is 0 Å². The van der Waals surface area contributed by atoms with Gasteiger partial charge in [0.25, 0.3) is 0 Å². The Bertz CT molecular complexity index is 519. The number of pyridine rings is 1. The average Bonchev–Trinajstić information content (AvgIpc) is 2.73. The Morgan fingerprint density at radius 1 is 1.41 bits per heavy atom. The molecule has 1 saturated heterocycles. The fourth-order valence-electron chi connectivity index (χ4n) is 2.28. The predicted molar refractivity (Wildman–Crippen MR) is 74.4 cm³/mol. The van der Waals surface area contributed by atoms with E-state index in [-0.39, 0.29) is 0 Å². The summed E-state index contributed by atoms with van der Waals surface area (Å²) in [6.07, 6.45) is 5.77. The van der Waals surface area contributed by atoms with E-state index in [2.05, 4.69) is 48.5 Å². The van der Waals surface area contributed by atoms with Gasteiger partial charge in [0.15, 0.2) is 5.65 Å². The van der Waals surface area contributed by atoms with Crippen LogP contribution >= 0.6 is 27.7 Å². The Morgan fingerprint density at radius 3 is 3.18 bits per heavy atom. The number of nitrogens with zero attached hydrogens (tertiary/aromatic N) is 3. The zero-order chi connectivity index (χ0) is 11.7. The number of aromatic nitrogens is 3. The highest BCUT2D eigenvalue weighted by atomic mass is 79.9. The molecule has 0 amide bonds. The molecule has 3 heterocycles. The number of hydrogen-bond acceptors (Lipinski definition) is 3. The van der Waals surface area contributed by atoms with E-state index >= 15 is 0 Å². The van der Waals surface area contributed by atoms with Gasteiger partial charge in [-0.2, -0.15) is 11.8 Å². The normalized spacial score (nSPS) is 20.9. The highest BCUT2D eigenvalue weighted by Crippen LogP contribution is 2.25. The lowest BCUT2D eigenvalue weighted by atomic mass is 10.0. The SMILES string of the molecule is Brc1ccc2nnc(CC3CCCSC3)n2c1. The van der Waals surface area contributed by atoms with Gasteiger partial charge in [-0.25, -0.2) is 0 Å². The summed E-state index contributed by atoms with van der Waals surface area (Å²) in [5.74, 6) is 4.44. The summed E-state index contributed by atoms with van der Waals surface area (Å²) in [7, 11) is 0. The van der Waals surface area contributed by atoms with Crippen molar-refractivity contribution in [2.45, 2.75) is 19.3 Å². The molecule has 90 valence electrons. The molecule has 1 atom stereocenters. The Hall–Kier alpha value is -0.550. The number of fused-ring (bicyclic) bond motifs is 1. The van der Waals surface area contributed by atoms with E-state index in [0.717, 1.165) is 28.3 Å². The zero-order valence-electron chi connectivity index (χ0n) is 9.47. The van der Waals surface area contributed by atoms with Crippen LogP contribution in [0.4, 0.5) is 0 Å². The minimum Gasteiger partial charge on any atom is -0.285 e. The maximum Gasteiger partial charge on any atom is 0.160 e. The van der Waals surface area contributed by atoms with E-state index in [1.54, 1.807) is 0 Å². The summed E-state index contributed by atoms with van der Waals surface area (Å²) in [6, 6.07) is 4.00. The molecule has 5 heteroatoms. The smallest absolute Gasteiger partial charge is 0.160 e. The van der Waals surface area contributed by atoms with Crippen LogP contribution in [0, 0.1) is 5.92 Å². The lowest BCUT2D eigenvalue weighted by Gasteiger charge is -2.20. The topological polar surface area (TPSA) is 30.2 Å². The minimum atomic E-state index is 0.764. The average molecular weight is 312 g/mol. The van der Waals surface area contributed by atoms with E-state index in [1.807, 2.05) is 12.1 Å². The molecule has 1 aliphatic heterocycles. The van der Waals surface area contributed by atoms with Gasteiger partial charge in [0.2, 0.25) is 0 Å². The van der Waals surface area contributed by atoms with Crippen LogP contribution in [0.25, 0.3) is 5.65 Å². The molecule has 1 aliphatic rings. The van der Waals surface area contributed by atoms with Gasteiger partial charge in [-0.1, -0.05) is 0 Å². The van der Waals surface area contributed by atoms with Crippen molar-refractivity contribution in [3.05, 3.63) is 28.6 Å². The first-order valence-corrected chi connectivity index (χ1v) is 7.84. The summed E-state index contributed by atoms with van der Waals surface area (Å²) in [4.78, 5) is 0. The highest BCUT2D eigenvalue weighted by molar-refractivity contribution is 9.10. The molecule has 0 N–H and O–H groups in total. The van der Waals surface area contributed by atoms with Gasteiger partial charge in [0.1, 0.15) is 5.82 Å². The Labute approximate surface area is 113 Å². The molecular weight excluding hydrogens is 298 g/mol. The zero-order valence-corrected chi connectivity index (χ0v) is 11.9. The molecular formula is C12H14BrN3S. The third-order valence-corrected chi connectivity index (χ3v) is 4.92. The molecule has 0 bridgehead atoms. The van der Waals surface area contributed by atoms with Crippen molar-refractivity contribution >= 4 is 33.3 Å². The molecule has 17 heavy (non-hydrogen) atoms. The van der Waals surface area contributed by atoms with Gasteiger partial charge < -0.3 is 0 Å². The summed E-state index contributed by atoms with van der Waals surface area (Å²) in [6.45, 7) is 0. The predicted octanol–water partition coefficient (Wildman–Crippen LogP) is 3.18. The van der Waals surface area contributed by atoms with Gasteiger partial charge in [-0.05, 0) is 58.3 Å². The standard InChI is InChI=1S/C12H14BrN3S/c13-10-3-4-11-14-15-12(16(11)7-10)6-9-2-1-5-17-8-9/h3-4,7,9H,1-2,5-6,8H2. The molecule has 3 nitrogen and oxygen atoms in total. The van der Waals surface area contributed by atoms with E-state index in [4.69, 9.17) is 0 Å². The van der Waals surface area contributed by atoms with Gasteiger partial charge in [0, 0.05) is 17.1 Å². The fraction of sp³-hybridized carbons (Fsp3) is 0.500. The maximum atomic E-state index is 4.31. The molecule has 0 saturated carbocycles. The Balaban J connectivity index is 1.86. The quantitative estimate of drug-likeness (QED) is 0.853. The first-order chi connectivity index (χ1) is 8.33. The van der Waals surface area contributed by atoms with Crippen LogP contribution in [0.3, 0.4) is 0 Å². The van der Waals surface area contributed by atoms with Crippen molar-refractivity contribution < 1.29 is 0 Å². The summed E-state index contributed by atoms with van der Waals surface area (Å²) in [5.41, 5.74) is 0.937. The largest absolute Gasteiger partial charge is 0.285 e. The molecule has 2 aromatic heterocycles. The van der Waals surface area contributed by atoms with Crippen molar-refractivity contribution in [3.8, 4) is 0 Å². The van der Waals surface area contributed by atoms with E-state index < -0.39 is 0 Å². The number of thioether (sulfide) groups is 1. The van der Waals surface area contributed by atoms with Crippen molar-refractivity contribution in [2.24, 2.45) is 5.92 Å². The molecule has 0 aliphatic carbocycles.